The summed E-state index contributed by atoms with van der Waals surface area (Å²) in [7, 11) is 1.90. The number of β-amino-alcohol motifs (C(OH)–C–C–N with tert-alkyl or cyclic N) is 1. The second-order valence-corrected chi connectivity index (χ2v) is 7.11. The van der Waals surface area contributed by atoms with Gasteiger partial charge in [-0.05, 0) is 48.2 Å². The van der Waals surface area contributed by atoms with E-state index in [1.807, 2.05) is 25.2 Å². The molecule has 2 aromatic carbocycles. The van der Waals surface area contributed by atoms with E-state index in [2.05, 4.69) is 39.9 Å². The number of aromatic nitrogens is 3. The van der Waals surface area contributed by atoms with Crippen molar-refractivity contribution in [3.05, 3.63) is 48.0 Å². The Bertz CT molecular complexity index is 1030. The van der Waals surface area contributed by atoms with Crippen LogP contribution in [-0.4, -0.2) is 50.4 Å². The zero-order valence-electron chi connectivity index (χ0n) is 16.1. The third kappa shape index (κ3) is 4.77. The quantitative estimate of drug-likeness (QED) is 0.587. The lowest BCUT2D eigenvalue weighted by Gasteiger charge is -2.33. The number of piperidine rings is 1. The van der Waals surface area contributed by atoms with Crippen LogP contribution in [0.4, 0.5) is 13.2 Å². The lowest BCUT2D eigenvalue weighted by molar-refractivity contribution is -0.192. The van der Waals surface area contributed by atoms with Crippen LogP contribution < -0.4 is 5.32 Å². The number of rotatable bonds is 2. The highest BCUT2D eigenvalue weighted by Gasteiger charge is 2.38. The Morgan fingerprint density at radius 2 is 1.80 bits per heavy atom. The average molecular weight is 422 g/mol. The molecule has 0 saturated carbocycles. The van der Waals surface area contributed by atoms with Crippen molar-refractivity contribution in [1.29, 1.82) is 0 Å². The zero-order chi connectivity index (χ0) is 21.9. The van der Waals surface area contributed by atoms with Gasteiger partial charge in [0.1, 0.15) is 11.1 Å². The third-order valence-electron chi connectivity index (χ3n) is 4.97. The van der Waals surface area contributed by atoms with Gasteiger partial charge in [-0.25, -0.2) is 9.48 Å². The van der Waals surface area contributed by atoms with Gasteiger partial charge in [0, 0.05) is 13.6 Å². The number of aryl methyl sites for hydroxylation is 1. The SMILES string of the molecule is Cn1nnc2ccc(-c3ccc(C4(O)CCCNC4)cc3)cc21.O=C(O)C(F)(F)F. The van der Waals surface area contributed by atoms with Gasteiger partial charge >= 0.3 is 12.1 Å². The standard InChI is InChI=1S/C18H20N4O.C2HF3O2/c1-22-17-11-14(5-8-16(17)20-21-22)13-3-6-15(7-4-13)18(23)9-2-10-19-12-18;3-2(4,5)1(6)7/h3-8,11,19,23H,2,9-10,12H2,1H3;(H,6,7). The van der Waals surface area contributed by atoms with E-state index in [-0.39, 0.29) is 0 Å². The smallest absolute Gasteiger partial charge is 0.475 e. The van der Waals surface area contributed by atoms with E-state index in [0.29, 0.717) is 6.54 Å². The highest BCUT2D eigenvalue weighted by molar-refractivity contribution is 5.81. The molecule has 3 aromatic rings. The number of carboxylic acid groups (broad SMARTS) is 1. The van der Waals surface area contributed by atoms with E-state index in [0.717, 1.165) is 47.1 Å². The topological polar surface area (TPSA) is 100 Å². The number of aliphatic carboxylic acids is 1. The number of carboxylic acids is 1. The molecule has 0 radical (unpaired) electrons. The first-order valence-corrected chi connectivity index (χ1v) is 9.24. The zero-order valence-corrected chi connectivity index (χ0v) is 16.1. The molecule has 1 atom stereocenters. The van der Waals surface area contributed by atoms with Gasteiger partial charge in [0.25, 0.3) is 0 Å². The van der Waals surface area contributed by atoms with Crippen LogP contribution in [0.3, 0.4) is 0 Å². The third-order valence-corrected chi connectivity index (χ3v) is 4.97. The summed E-state index contributed by atoms with van der Waals surface area (Å²) < 4.78 is 33.5. The molecule has 0 bridgehead atoms. The molecule has 1 aromatic heterocycles. The molecule has 0 amide bonds. The number of nitrogens with zero attached hydrogens (tertiary/aromatic N) is 3. The summed E-state index contributed by atoms with van der Waals surface area (Å²) in [5, 5.41) is 29.3. The van der Waals surface area contributed by atoms with E-state index in [9.17, 15) is 18.3 Å². The highest BCUT2D eigenvalue weighted by Crippen LogP contribution is 2.30. The van der Waals surface area contributed by atoms with E-state index in [1.54, 1.807) is 4.68 Å². The van der Waals surface area contributed by atoms with Gasteiger partial charge in [0.2, 0.25) is 0 Å². The number of hydrogen-bond acceptors (Lipinski definition) is 5. The van der Waals surface area contributed by atoms with Crippen molar-refractivity contribution >= 4 is 17.0 Å². The number of aliphatic hydroxyl groups is 1. The predicted octanol–water partition coefficient (Wildman–Crippen LogP) is 2.84. The largest absolute Gasteiger partial charge is 0.490 e. The van der Waals surface area contributed by atoms with Crippen molar-refractivity contribution in [3.63, 3.8) is 0 Å². The van der Waals surface area contributed by atoms with Crippen LogP contribution in [0.25, 0.3) is 22.2 Å². The van der Waals surface area contributed by atoms with Crippen LogP contribution in [0.15, 0.2) is 42.5 Å². The fourth-order valence-electron chi connectivity index (χ4n) is 3.32. The second-order valence-electron chi connectivity index (χ2n) is 7.11. The molecule has 0 aliphatic carbocycles. The van der Waals surface area contributed by atoms with Crippen molar-refractivity contribution in [1.82, 2.24) is 20.3 Å². The molecule has 1 saturated heterocycles. The predicted molar refractivity (Wildman–Crippen MR) is 104 cm³/mol. The molecule has 4 rings (SSSR count). The summed E-state index contributed by atoms with van der Waals surface area (Å²) in [6, 6.07) is 14.4. The number of carbonyl (C=O) groups is 1. The number of hydrogen-bond donors (Lipinski definition) is 3. The van der Waals surface area contributed by atoms with E-state index in [1.165, 1.54) is 0 Å². The Labute approximate surface area is 170 Å². The van der Waals surface area contributed by atoms with Crippen molar-refractivity contribution in [2.45, 2.75) is 24.6 Å². The van der Waals surface area contributed by atoms with Crippen LogP contribution in [0.2, 0.25) is 0 Å². The number of alkyl halides is 3. The molecular formula is C20H21F3N4O3. The minimum Gasteiger partial charge on any atom is -0.475 e. The summed E-state index contributed by atoms with van der Waals surface area (Å²) in [6.45, 7) is 1.61. The molecule has 2 heterocycles. The van der Waals surface area contributed by atoms with Crippen molar-refractivity contribution in [3.8, 4) is 11.1 Å². The monoisotopic (exact) mass is 422 g/mol. The summed E-state index contributed by atoms with van der Waals surface area (Å²) in [4.78, 5) is 8.90. The molecule has 30 heavy (non-hydrogen) atoms. The second kappa shape index (κ2) is 8.41. The molecule has 0 spiro atoms. The van der Waals surface area contributed by atoms with Gasteiger partial charge in [0.05, 0.1) is 5.52 Å². The number of halogens is 3. The number of benzene rings is 2. The number of nitrogens with one attached hydrogen (secondary N) is 1. The Kier molecular flexibility index (Phi) is 6.09. The fourth-order valence-corrected chi connectivity index (χ4v) is 3.32. The van der Waals surface area contributed by atoms with Gasteiger partial charge in [-0.2, -0.15) is 13.2 Å². The molecule has 3 N–H and O–H groups in total. The Morgan fingerprint density at radius 1 is 1.17 bits per heavy atom. The lowest BCUT2D eigenvalue weighted by Crippen LogP contribution is -2.43. The first-order chi connectivity index (χ1) is 14.1. The summed E-state index contributed by atoms with van der Waals surface area (Å²) in [6.07, 6.45) is -3.27. The molecule has 7 nitrogen and oxygen atoms in total. The summed E-state index contributed by atoms with van der Waals surface area (Å²) >= 11 is 0. The molecule has 1 aliphatic rings. The first kappa shape index (κ1) is 21.7. The number of fused-ring (bicyclic) bond motifs is 1. The minimum atomic E-state index is -5.08. The molecule has 1 fully saturated rings. The Balaban J connectivity index is 0.000000318. The van der Waals surface area contributed by atoms with Crippen molar-refractivity contribution in [2.24, 2.45) is 7.05 Å². The molecule has 10 heteroatoms. The molecule has 160 valence electrons. The van der Waals surface area contributed by atoms with E-state index < -0.39 is 17.7 Å². The minimum absolute atomic E-state index is 0.624. The lowest BCUT2D eigenvalue weighted by atomic mass is 9.86. The first-order valence-electron chi connectivity index (χ1n) is 9.24. The van der Waals surface area contributed by atoms with E-state index in [4.69, 9.17) is 9.90 Å². The average Bonchev–Trinajstić information content (AvgIpc) is 3.09. The van der Waals surface area contributed by atoms with Crippen LogP contribution in [0.5, 0.6) is 0 Å². The normalized spacial score (nSPS) is 19.2. The summed E-state index contributed by atoms with van der Waals surface area (Å²) in [5.74, 6) is -2.76. The maximum atomic E-state index is 10.8. The molecule has 1 aliphatic heterocycles. The maximum Gasteiger partial charge on any atom is 0.490 e. The Morgan fingerprint density at radius 3 is 2.37 bits per heavy atom. The van der Waals surface area contributed by atoms with Gasteiger partial charge < -0.3 is 15.5 Å². The van der Waals surface area contributed by atoms with Crippen molar-refractivity contribution in [2.75, 3.05) is 13.1 Å². The Hall–Kier alpha value is -2.98. The van der Waals surface area contributed by atoms with Crippen LogP contribution in [0, 0.1) is 0 Å². The fraction of sp³-hybridized carbons (Fsp3) is 0.350. The molecule has 1 unspecified atom stereocenters. The van der Waals surface area contributed by atoms with Crippen LogP contribution >= 0.6 is 0 Å². The van der Waals surface area contributed by atoms with Crippen LogP contribution in [0.1, 0.15) is 18.4 Å². The maximum absolute atomic E-state index is 10.8. The van der Waals surface area contributed by atoms with Gasteiger partial charge in [0.15, 0.2) is 0 Å². The van der Waals surface area contributed by atoms with Crippen LogP contribution in [-0.2, 0) is 17.4 Å². The van der Waals surface area contributed by atoms with Crippen molar-refractivity contribution < 1.29 is 28.2 Å². The highest BCUT2D eigenvalue weighted by atomic mass is 19.4. The van der Waals surface area contributed by atoms with Gasteiger partial charge in [-0.1, -0.05) is 35.5 Å². The van der Waals surface area contributed by atoms with Gasteiger partial charge in [-0.15, -0.1) is 5.10 Å². The van der Waals surface area contributed by atoms with E-state index >= 15 is 0 Å². The summed E-state index contributed by atoms with van der Waals surface area (Å²) in [5.41, 5.74) is 4.41. The molecular weight excluding hydrogens is 401 g/mol. The van der Waals surface area contributed by atoms with Gasteiger partial charge in [-0.3, -0.25) is 0 Å².